The minimum Gasteiger partial charge on any atom is -0.748 e. The molecule has 3 aliphatic heterocycles. The van der Waals surface area contributed by atoms with Gasteiger partial charge in [0.2, 0.25) is 17.5 Å². The van der Waals surface area contributed by atoms with Crippen LogP contribution in [-0.2, 0) is 57.8 Å². The molecule has 4 aliphatic rings. The number of aryl methyl sites for hydroxylation is 1. The molecule has 23 heteroatoms. The number of allylic oxidation sites excluding steroid dienone is 8. The van der Waals surface area contributed by atoms with E-state index in [1.54, 1.807) is 11.0 Å². The number of unbranched alkanes of at least 4 members (excludes halogenated alkanes) is 2. The molecule has 0 fully saturated rings. The van der Waals surface area contributed by atoms with Gasteiger partial charge in [0.05, 0.1) is 37.9 Å². The summed E-state index contributed by atoms with van der Waals surface area (Å²) in [7, 11) is -12.1. The maximum atomic E-state index is 16.4. The largest absolute Gasteiger partial charge is 1.00 e. The molecule has 494 valence electrons. The summed E-state index contributed by atoms with van der Waals surface area (Å²) in [4.78, 5) is 33.0. The topological polar surface area (TPSA) is 225 Å². The van der Waals surface area contributed by atoms with E-state index in [-0.39, 0.29) is 145 Å². The number of para-hydroxylation sites is 1. The molecular formula is C74H80FN5Na3O11S3+. The van der Waals surface area contributed by atoms with Gasteiger partial charge in [0, 0.05) is 107 Å². The molecule has 0 saturated heterocycles. The van der Waals surface area contributed by atoms with Gasteiger partial charge in [0.25, 0.3) is 0 Å². The van der Waals surface area contributed by atoms with Crippen LogP contribution in [0.4, 0.5) is 27.1 Å². The first-order valence-corrected chi connectivity index (χ1v) is 36.0. The first kappa shape index (κ1) is 80.7. The monoisotopic (exact) mass is 1400 g/mol. The maximum Gasteiger partial charge on any atom is 1.00 e. The second-order valence-electron chi connectivity index (χ2n) is 25.2. The molecule has 1 N–H and O–H groups in total. The fraction of sp³-hybridized carbons (Fsp3) is 0.351. The number of nitrogens with one attached hydrogen (secondary N) is 1. The fourth-order valence-corrected chi connectivity index (χ4v) is 14.5. The number of fused-ring (bicyclic) bond motifs is 6. The quantitative estimate of drug-likeness (QED) is 0.0230. The van der Waals surface area contributed by atoms with Crippen molar-refractivity contribution in [3.05, 3.63) is 214 Å². The van der Waals surface area contributed by atoms with E-state index >= 15 is 4.39 Å². The summed E-state index contributed by atoms with van der Waals surface area (Å²) in [6.45, 7) is 17.4. The summed E-state index contributed by atoms with van der Waals surface area (Å²) < 4.78 is 114. The second-order valence-corrected chi connectivity index (χ2v) is 28.7. The van der Waals surface area contributed by atoms with Gasteiger partial charge in [0.1, 0.15) is 12.4 Å². The Bertz CT molecular complexity index is 4460. The normalized spacial score (nSPS) is 15.9. The predicted octanol–water partition coefficient (Wildman–Crippen LogP) is 3.39. The minimum absolute atomic E-state index is 0. The van der Waals surface area contributed by atoms with Crippen LogP contribution >= 0.6 is 0 Å². The Balaban J connectivity index is 0.00000207. The Kier molecular flexibility index (Phi) is 29.8. The number of hydrogen-bond acceptors (Lipinski definition) is 13. The third-order valence-electron chi connectivity index (χ3n) is 17.9. The molecule has 2 amide bonds. The van der Waals surface area contributed by atoms with Gasteiger partial charge >= 0.3 is 99.3 Å². The zero-order chi connectivity index (χ0) is 67.5. The van der Waals surface area contributed by atoms with Gasteiger partial charge in [-0.25, -0.2) is 21.2 Å². The van der Waals surface area contributed by atoms with Gasteiger partial charge in [-0.1, -0.05) is 110 Å². The number of anilines is 3. The number of rotatable bonds is 24. The number of hydrogen-bond donors (Lipinski definition) is 1. The maximum absolute atomic E-state index is 16.4. The average molecular weight is 1400 g/mol. The summed E-state index contributed by atoms with van der Waals surface area (Å²) in [5, 5.41) is 5.39. The third-order valence-corrected chi connectivity index (χ3v) is 19.5. The van der Waals surface area contributed by atoms with Gasteiger partial charge in [-0.05, 0) is 165 Å². The van der Waals surface area contributed by atoms with E-state index in [4.69, 9.17) is 12.6 Å². The Morgan fingerprint density at radius 3 is 2.09 bits per heavy atom. The minimum atomic E-state index is -4.49. The molecule has 3 heterocycles. The van der Waals surface area contributed by atoms with E-state index in [1.165, 1.54) is 28.0 Å². The number of amides is 2. The smallest absolute Gasteiger partial charge is 0.748 e. The van der Waals surface area contributed by atoms with Gasteiger partial charge in [-0.3, -0.25) is 9.59 Å². The first-order chi connectivity index (χ1) is 44.7. The zero-order valence-corrected chi connectivity index (χ0v) is 65.3. The summed E-state index contributed by atoms with van der Waals surface area (Å²) in [5.41, 5.74) is 14.2. The molecule has 10 rings (SSSR count). The summed E-state index contributed by atoms with van der Waals surface area (Å²) >= 11 is 0. The molecule has 6 aromatic carbocycles. The van der Waals surface area contributed by atoms with E-state index in [1.807, 2.05) is 83.8 Å². The van der Waals surface area contributed by atoms with Crippen molar-refractivity contribution >= 4 is 87.5 Å². The van der Waals surface area contributed by atoms with Crippen LogP contribution in [0.2, 0.25) is 0 Å². The first-order valence-electron chi connectivity index (χ1n) is 31.9. The van der Waals surface area contributed by atoms with E-state index in [2.05, 4.69) is 123 Å². The summed E-state index contributed by atoms with van der Waals surface area (Å²) in [6.07, 6.45) is 14.5. The molecule has 0 bridgehead atoms. The molecule has 0 unspecified atom stereocenters. The Labute approximate surface area is 639 Å². The van der Waals surface area contributed by atoms with Crippen molar-refractivity contribution in [2.45, 2.75) is 123 Å². The summed E-state index contributed by atoms with van der Waals surface area (Å²) in [6, 6.07) is 39.5. The number of benzene rings is 6. The molecule has 1 aliphatic carbocycles. The van der Waals surface area contributed by atoms with Crippen LogP contribution in [0.5, 0.6) is 0 Å². The fourth-order valence-electron chi connectivity index (χ4n) is 13.5. The number of nitrogens with zero attached hydrogens (tertiary/aromatic N) is 4. The molecule has 0 saturated carbocycles. The molecule has 0 radical (unpaired) electrons. The molecule has 0 aromatic heterocycles. The number of halogens is 1. The molecular weight excluding hydrogens is 1320 g/mol. The Hall–Kier alpha value is -5.32. The average Bonchev–Trinajstić information content (AvgIpc) is 1.59. The van der Waals surface area contributed by atoms with Crippen molar-refractivity contribution in [2.75, 3.05) is 58.9 Å². The van der Waals surface area contributed by atoms with Crippen molar-refractivity contribution in [3.63, 3.8) is 0 Å². The van der Waals surface area contributed by atoms with Crippen molar-refractivity contribution in [1.29, 1.82) is 0 Å². The molecule has 97 heavy (non-hydrogen) atoms. The van der Waals surface area contributed by atoms with E-state index in [0.717, 1.165) is 93.1 Å². The van der Waals surface area contributed by atoms with Gasteiger partial charge in [0.15, 0.2) is 5.71 Å². The SMILES string of the molecule is O=S(=O)=O.[CH2-]CCN1/C(=C/C=C2\CCCC(/C=C/C3=[N+](CCCCCC(=O)NCCC(=O)N4Cc5ccccc5C#Cc5ccccc54)c4ccc5cc(C)ccc5c4C3(C)C)=C2c2ccccc2F)C(C)(C)c2cc(N(CCCS(=O)(=O)[O-])CCCS(=O)(=O)[O-])ccc21.[Na+].[Na+].[Na+]. The second kappa shape index (κ2) is 35.8. The Morgan fingerprint density at radius 1 is 0.742 bits per heavy atom. The number of carbonyl (C=O) groups is 2. The van der Waals surface area contributed by atoms with Crippen molar-refractivity contribution in [1.82, 2.24) is 5.32 Å². The Morgan fingerprint density at radius 2 is 1.40 bits per heavy atom. The van der Waals surface area contributed by atoms with Crippen molar-refractivity contribution in [2.24, 2.45) is 0 Å². The van der Waals surface area contributed by atoms with Crippen LogP contribution in [-0.4, -0.2) is 105 Å². The van der Waals surface area contributed by atoms with Crippen LogP contribution in [0, 0.1) is 31.5 Å². The number of carbonyl (C=O) groups excluding carboxylic acids is 2. The van der Waals surface area contributed by atoms with Crippen LogP contribution < -0.4 is 109 Å². The predicted molar refractivity (Wildman–Crippen MR) is 367 cm³/mol. The van der Waals surface area contributed by atoms with Gasteiger partial charge < -0.3 is 36.0 Å². The third kappa shape index (κ3) is 20.5. The standard InChI is InChI=1S/C74H82FN5O8S2.3Na.O3S/c1-7-43-78-65-38-35-59(77(44-18-47-89(83,84)85)45-19-48-90(86,87)88)50-62(65)73(3,4)67(78)39-33-55-23-17-24-56(71(55)61-25-13-14-26-63(61)75)34-40-68-74(5,6)72-60-36-29-52(2)49-57(60)32-37-66(72)79(68)46-16-8-9-28-69(81)76-42-41-70(82)80-51-58-22-11-10-20-53(58)30-31-54-21-12-15-27-64(54)80;;;;1-4(2)3/h10-15,20-22,25-27,29,32-40,49-50H,1,7-9,16-19,23-24,28,41-48,51H2,2-6H3,(H,76,81)(H,83,84,85)(H,86,87,88);;;;/q;3*+1;/p-2. The van der Waals surface area contributed by atoms with Gasteiger partial charge in [-0.2, -0.15) is 11.0 Å². The van der Waals surface area contributed by atoms with Crippen molar-refractivity contribution in [3.8, 4) is 11.8 Å². The molecule has 6 aromatic rings. The van der Waals surface area contributed by atoms with Crippen LogP contribution in [0.3, 0.4) is 0 Å². The molecule has 0 atom stereocenters. The van der Waals surface area contributed by atoms with Crippen LogP contribution in [0.1, 0.15) is 137 Å². The van der Waals surface area contributed by atoms with Gasteiger partial charge in [-0.15, -0.1) is 12.6 Å². The van der Waals surface area contributed by atoms with E-state index < -0.39 is 53.2 Å². The molecule has 16 nitrogen and oxygen atoms in total. The molecule has 0 spiro atoms. The van der Waals surface area contributed by atoms with Crippen LogP contribution in [0.15, 0.2) is 162 Å². The summed E-state index contributed by atoms with van der Waals surface area (Å²) in [5.74, 6) is 4.87. The van der Waals surface area contributed by atoms with Crippen molar-refractivity contribution < 1.29 is 146 Å². The zero-order valence-electron chi connectivity index (χ0n) is 56.9. The van der Waals surface area contributed by atoms with E-state index in [0.29, 0.717) is 56.6 Å². The van der Waals surface area contributed by atoms with Crippen LogP contribution in [0.25, 0.3) is 16.3 Å². The van der Waals surface area contributed by atoms with E-state index in [9.17, 15) is 35.5 Å².